The zero-order valence-corrected chi connectivity index (χ0v) is 14.9. The number of rotatable bonds is 4. The van der Waals surface area contributed by atoms with Crippen molar-refractivity contribution in [3.63, 3.8) is 0 Å². The van der Waals surface area contributed by atoms with Crippen molar-refractivity contribution in [1.82, 2.24) is 14.7 Å². The molecule has 1 aromatic heterocycles. The topological polar surface area (TPSA) is 93.7 Å². The van der Waals surface area contributed by atoms with Crippen LogP contribution in [-0.4, -0.2) is 64.1 Å². The molecule has 1 spiro atoms. The number of nitrogens with one attached hydrogen (secondary N) is 1. The van der Waals surface area contributed by atoms with E-state index in [1.807, 2.05) is 6.07 Å². The lowest BCUT2D eigenvalue weighted by molar-refractivity contribution is -0.0233. The van der Waals surface area contributed by atoms with Crippen molar-refractivity contribution < 1.29 is 17.9 Å². The predicted molar refractivity (Wildman–Crippen MR) is 89.7 cm³/mol. The summed E-state index contributed by atoms with van der Waals surface area (Å²) >= 11 is 0. The van der Waals surface area contributed by atoms with Gasteiger partial charge < -0.3 is 14.4 Å². The van der Waals surface area contributed by atoms with Gasteiger partial charge in [0.15, 0.2) is 0 Å². The fourth-order valence-corrected chi connectivity index (χ4v) is 4.47. The average molecular weight is 356 g/mol. The molecule has 1 N–H and O–H groups in total. The maximum absolute atomic E-state index is 11.7. The van der Waals surface area contributed by atoms with Gasteiger partial charge in [0, 0.05) is 25.8 Å². The van der Waals surface area contributed by atoms with Crippen LogP contribution < -0.4 is 14.4 Å². The lowest BCUT2D eigenvalue weighted by Gasteiger charge is -2.49. The van der Waals surface area contributed by atoms with Gasteiger partial charge in [-0.05, 0) is 24.7 Å². The fourth-order valence-electron chi connectivity index (χ4n) is 3.64. The van der Waals surface area contributed by atoms with E-state index in [9.17, 15) is 8.42 Å². The Labute approximate surface area is 142 Å². The van der Waals surface area contributed by atoms with Crippen LogP contribution in [0.1, 0.15) is 19.3 Å². The van der Waals surface area contributed by atoms with Crippen molar-refractivity contribution in [2.75, 3.05) is 44.6 Å². The third kappa shape index (κ3) is 3.79. The second-order valence-corrected chi connectivity index (χ2v) is 8.32. The van der Waals surface area contributed by atoms with E-state index < -0.39 is 10.0 Å². The highest BCUT2D eigenvalue weighted by molar-refractivity contribution is 7.88. The Morgan fingerprint density at radius 2 is 2.08 bits per heavy atom. The molecule has 1 atom stereocenters. The molecule has 0 aliphatic carbocycles. The van der Waals surface area contributed by atoms with E-state index >= 15 is 0 Å². The maximum atomic E-state index is 11.7. The Balaban J connectivity index is 1.71. The molecule has 0 unspecified atom stereocenters. The molecular formula is C15H24N4O4S. The highest BCUT2D eigenvalue weighted by Gasteiger charge is 2.44. The molecule has 0 saturated carbocycles. The normalized spacial score (nSPS) is 24.1. The molecule has 0 aromatic carbocycles. The summed E-state index contributed by atoms with van der Waals surface area (Å²) in [5.74, 6) is 1.39. The second kappa shape index (κ2) is 6.81. The minimum absolute atomic E-state index is 0.0467. The molecule has 2 saturated heterocycles. The summed E-state index contributed by atoms with van der Waals surface area (Å²) in [6.07, 6.45) is 5.38. The summed E-state index contributed by atoms with van der Waals surface area (Å²) in [7, 11) is -1.67. The molecule has 0 bridgehead atoms. The maximum Gasteiger partial charge on any atom is 0.218 e. The van der Waals surface area contributed by atoms with Gasteiger partial charge in [0.2, 0.25) is 15.9 Å². The number of hydrogen-bond donors (Lipinski definition) is 1. The summed E-state index contributed by atoms with van der Waals surface area (Å²) in [6, 6.07) is 1.66. The smallest absolute Gasteiger partial charge is 0.218 e. The minimum Gasteiger partial charge on any atom is -0.481 e. The molecule has 9 heteroatoms. The second-order valence-electron chi connectivity index (χ2n) is 6.54. The first-order valence-electron chi connectivity index (χ1n) is 8.08. The molecule has 8 nitrogen and oxygen atoms in total. The largest absolute Gasteiger partial charge is 0.481 e. The molecular weight excluding hydrogens is 332 g/mol. The van der Waals surface area contributed by atoms with Gasteiger partial charge in [-0.15, -0.1) is 0 Å². The molecule has 24 heavy (non-hydrogen) atoms. The highest BCUT2D eigenvalue weighted by Crippen LogP contribution is 2.42. The molecule has 3 rings (SSSR count). The molecule has 2 aliphatic rings. The standard InChI is InChI=1S/C15H24N4O4S/c1-22-14-9-13(16-11-17-14)19-6-3-15(4-7-19)5-8-23-10-12(15)18-24(2,20)21/h9,11-12,18H,3-8,10H2,1-2H3/t12-/m0/s1. The van der Waals surface area contributed by atoms with E-state index in [0.717, 1.165) is 38.2 Å². The van der Waals surface area contributed by atoms with Crippen LogP contribution in [0.2, 0.25) is 0 Å². The summed E-state index contributed by atoms with van der Waals surface area (Å²) < 4.78 is 36.8. The Morgan fingerprint density at radius 1 is 1.33 bits per heavy atom. The van der Waals surface area contributed by atoms with Gasteiger partial charge in [0.05, 0.1) is 26.0 Å². The minimum atomic E-state index is -3.25. The number of nitrogens with zero attached hydrogens (tertiary/aromatic N) is 3. The molecule has 0 amide bonds. The summed E-state index contributed by atoms with van der Waals surface area (Å²) in [4.78, 5) is 10.6. The molecule has 2 aliphatic heterocycles. The van der Waals surface area contributed by atoms with E-state index in [4.69, 9.17) is 9.47 Å². The van der Waals surface area contributed by atoms with Gasteiger partial charge >= 0.3 is 0 Å². The first-order valence-corrected chi connectivity index (χ1v) is 9.97. The Morgan fingerprint density at radius 3 is 2.75 bits per heavy atom. The van der Waals surface area contributed by atoms with Crippen molar-refractivity contribution in [2.24, 2.45) is 5.41 Å². The van der Waals surface area contributed by atoms with Gasteiger partial charge in [-0.1, -0.05) is 0 Å². The third-order valence-electron chi connectivity index (χ3n) is 5.04. The third-order valence-corrected chi connectivity index (χ3v) is 5.76. The van der Waals surface area contributed by atoms with Crippen LogP contribution in [0.25, 0.3) is 0 Å². The zero-order chi connectivity index (χ0) is 17.2. The quantitative estimate of drug-likeness (QED) is 0.835. The number of hydrogen-bond acceptors (Lipinski definition) is 7. The highest BCUT2D eigenvalue weighted by atomic mass is 32.2. The van der Waals surface area contributed by atoms with Gasteiger partial charge in [-0.2, -0.15) is 0 Å². The van der Waals surface area contributed by atoms with Gasteiger partial charge in [-0.25, -0.2) is 23.1 Å². The summed E-state index contributed by atoms with van der Waals surface area (Å²) in [6.45, 7) is 2.77. The van der Waals surface area contributed by atoms with Gasteiger partial charge in [0.25, 0.3) is 0 Å². The summed E-state index contributed by atoms with van der Waals surface area (Å²) in [5.41, 5.74) is -0.0467. The number of piperidine rings is 1. The number of sulfonamides is 1. The number of ether oxygens (including phenoxy) is 2. The van der Waals surface area contributed by atoms with Crippen LogP contribution in [0.15, 0.2) is 12.4 Å². The van der Waals surface area contributed by atoms with Crippen LogP contribution >= 0.6 is 0 Å². The molecule has 3 heterocycles. The van der Waals surface area contributed by atoms with E-state index in [0.29, 0.717) is 19.1 Å². The number of methoxy groups -OCH3 is 1. The monoisotopic (exact) mass is 356 g/mol. The van der Waals surface area contributed by atoms with E-state index in [1.54, 1.807) is 7.11 Å². The van der Waals surface area contributed by atoms with Crippen LogP contribution in [0.5, 0.6) is 5.88 Å². The predicted octanol–water partition coefficient (Wildman–Crippen LogP) is 0.410. The van der Waals surface area contributed by atoms with Gasteiger partial charge in [0.1, 0.15) is 12.1 Å². The van der Waals surface area contributed by atoms with Gasteiger partial charge in [-0.3, -0.25) is 0 Å². The van der Waals surface area contributed by atoms with Crippen LogP contribution in [0.4, 0.5) is 5.82 Å². The lowest BCUT2D eigenvalue weighted by Crippen LogP contribution is -2.57. The average Bonchev–Trinajstić information content (AvgIpc) is 2.57. The summed E-state index contributed by atoms with van der Waals surface area (Å²) in [5, 5.41) is 0. The first-order chi connectivity index (χ1) is 11.4. The van der Waals surface area contributed by atoms with Crippen molar-refractivity contribution >= 4 is 15.8 Å². The van der Waals surface area contributed by atoms with Crippen LogP contribution in [0.3, 0.4) is 0 Å². The fraction of sp³-hybridized carbons (Fsp3) is 0.733. The van der Waals surface area contributed by atoms with Crippen LogP contribution in [0, 0.1) is 5.41 Å². The van der Waals surface area contributed by atoms with E-state index in [1.165, 1.54) is 12.6 Å². The van der Waals surface area contributed by atoms with E-state index in [2.05, 4.69) is 19.6 Å². The molecule has 0 radical (unpaired) electrons. The lowest BCUT2D eigenvalue weighted by atomic mass is 9.69. The Bertz CT molecular complexity index is 674. The molecule has 1 aromatic rings. The Hall–Kier alpha value is -1.45. The first kappa shape index (κ1) is 17.4. The molecule has 2 fully saturated rings. The van der Waals surface area contributed by atoms with Crippen LogP contribution in [-0.2, 0) is 14.8 Å². The zero-order valence-electron chi connectivity index (χ0n) is 14.1. The van der Waals surface area contributed by atoms with E-state index in [-0.39, 0.29) is 11.5 Å². The number of aromatic nitrogens is 2. The van der Waals surface area contributed by atoms with Crippen molar-refractivity contribution in [3.05, 3.63) is 12.4 Å². The Kier molecular flexibility index (Phi) is 4.93. The number of anilines is 1. The van der Waals surface area contributed by atoms with Crippen molar-refractivity contribution in [1.29, 1.82) is 0 Å². The van der Waals surface area contributed by atoms with Crippen molar-refractivity contribution in [3.8, 4) is 5.88 Å². The SMILES string of the molecule is COc1cc(N2CCC3(CCOC[C@@H]3NS(C)(=O)=O)CC2)ncn1. The molecule has 134 valence electrons. The van der Waals surface area contributed by atoms with Crippen molar-refractivity contribution in [2.45, 2.75) is 25.3 Å².